The topological polar surface area (TPSA) is 76.4 Å². The Morgan fingerprint density at radius 2 is 2.03 bits per heavy atom. The standard InChI is InChI=1S/C22H36N6O/c1-5-7-8-9-14-29-20-15-18(3)10-11-19(20)16-25-22(23-4)24-12-13-28-17-26-27-21(28)6-2/h10-11,15,17H,5-9,12-14,16H2,1-4H3,(H2,23,24,25). The van der Waals surface area contributed by atoms with Gasteiger partial charge in [0.05, 0.1) is 6.61 Å². The van der Waals surface area contributed by atoms with Crippen molar-refractivity contribution in [1.29, 1.82) is 0 Å². The minimum atomic E-state index is 0.664. The number of nitrogens with zero attached hydrogens (tertiary/aromatic N) is 4. The van der Waals surface area contributed by atoms with Crippen molar-refractivity contribution in [3.8, 4) is 5.75 Å². The normalized spacial score (nSPS) is 11.5. The van der Waals surface area contributed by atoms with Gasteiger partial charge in [0.2, 0.25) is 0 Å². The van der Waals surface area contributed by atoms with Gasteiger partial charge in [-0.05, 0) is 25.0 Å². The third-order valence-electron chi connectivity index (χ3n) is 4.81. The number of aromatic nitrogens is 3. The molecule has 0 saturated heterocycles. The summed E-state index contributed by atoms with van der Waals surface area (Å²) in [4.78, 5) is 4.32. The number of hydrogen-bond acceptors (Lipinski definition) is 4. The smallest absolute Gasteiger partial charge is 0.191 e. The zero-order valence-electron chi connectivity index (χ0n) is 18.4. The Morgan fingerprint density at radius 1 is 1.17 bits per heavy atom. The largest absolute Gasteiger partial charge is 0.493 e. The van der Waals surface area contributed by atoms with Gasteiger partial charge < -0.3 is 19.9 Å². The first-order valence-electron chi connectivity index (χ1n) is 10.7. The van der Waals surface area contributed by atoms with Crippen molar-refractivity contribution < 1.29 is 4.74 Å². The second-order valence-electron chi connectivity index (χ2n) is 7.17. The van der Waals surface area contributed by atoms with Crippen LogP contribution in [0.25, 0.3) is 0 Å². The monoisotopic (exact) mass is 400 g/mol. The van der Waals surface area contributed by atoms with Crippen LogP contribution in [0.15, 0.2) is 29.5 Å². The number of aliphatic imine (C=N–C) groups is 1. The van der Waals surface area contributed by atoms with Gasteiger partial charge in [-0.3, -0.25) is 4.99 Å². The number of guanidine groups is 1. The number of aryl methyl sites for hydroxylation is 2. The van der Waals surface area contributed by atoms with Gasteiger partial charge in [-0.1, -0.05) is 45.2 Å². The molecule has 1 aromatic heterocycles. The minimum absolute atomic E-state index is 0.664. The average molecular weight is 401 g/mol. The molecule has 0 aliphatic carbocycles. The van der Waals surface area contributed by atoms with Crippen molar-refractivity contribution in [2.45, 2.75) is 66.0 Å². The fourth-order valence-corrected chi connectivity index (χ4v) is 3.09. The molecule has 0 aliphatic rings. The van der Waals surface area contributed by atoms with Gasteiger partial charge >= 0.3 is 0 Å². The lowest BCUT2D eigenvalue weighted by molar-refractivity contribution is 0.301. The fraction of sp³-hybridized carbons (Fsp3) is 0.591. The predicted octanol–water partition coefficient (Wildman–Crippen LogP) is 3.47. The summed E-state index contributed by atoms with van der Waals surface area (Å²) in [5.74, 6) is 2.72. The highest BCUT2D eigenvalue weighted by atomic mass is 16.5. The number of benzene rings is 1. The Bertz CT molecular complexity index is 756. The van der Waals surface area contributed by atoms with Crippen LogP contribution in [0.1, 0.15) is 56.5 Å². The van der Waals surface area contributed by atoms with Gasteiger partial charge in [-0.25, -0.2) is 0 Å². The van der Waals surface area contributed by atoms with E-state index < -0.39 is 0 Å². The molecule has 2 rings (SSSR count). The van der Waals surface area contributed by atoms with E-state index in [0.29, 0.717) is 6.54 Å². The van der Waals surface area contributed by atoms with E-state index in [2.05, 4.69) is 69.4 Å². The lowest BCUT2D eigenvalue weighted by Gasteiger charge is -2.16. The maximum Gasteiger partial charge on any atom is 0.191 e. The number of ether oxygens (including phenoxy) is 1. The molecule has 2 N–H and O–H groups in total. The maximum absolute atomic E-state index is 6.07. The average Bonchev–Trinajstić information content (AvgIpc) is 3.19. The van der Waals surface area contributed by atoms with Crippen LogP contribution in [0.5, 0.6) is 5.75 Å². The van der Waals surface area contributed by atoms with Crippen molar-refractivity contribution >= 4 is 5.96 Å². The van der Waals surface area contributed by atoms with Crippen LogP contribution in [0.3, 0.4) is 0 Å². The van der Waals surface area contributed by atoms with Gasteiger partial charge in [0, 0.05) is 38.7 Å². The number of rotatable bonds is 12. The molecule has 0 fully saturated rings. The molecule has 0 saturated carbocycles. The first-order chi connectivity index (χ1) is 14.2. The molecule has 1 heterocycles. The van der Waals surface area contributed by atoms with E-state index in [0.717, 1.165) is 55.6 Å². The van der Waals surface area contributed by atoms with E-state index in [-0.39, 0.29) is 0 Å². The van der Waals surface area contributed by atoms with Gasteiger partial charge in [0.1, 0.15) is 17.9 Å². The maximum atomic E-state index is 6.07. The van der Waals surface area contributed by atoms with Crippen LogP contribution in [0.4, 0.5) is 0 Å². The quantitative estimate of drug-likeness (QED) is 0.324. The number of unbranched alkanes of at least 4 members (excludes halogenated alkanes) is 3. The van der Waals surface area contributed by atoms with Crippen LogP contribution >= 0.6 is 0 Å². The Balaban J connectivity index is 1.83. The van der Waals surface area contributed by atoms with Gasteiger partial charge in [0.25, 0.3) is 0 Å². The third-order valence-corrected chi connectivity index (χ3v) is 4.81. The van der Waals surface area contributed by atoms with Crippen molar-refractivity contribution in [3.05, 3.63) is 41.5 Å². The van der Waals surface area contributed by atoms with Crippen molar-refractivity contribution in [3.63, 3.8) is 0 Å². The summed E-state index contributed by atoms with van der Waals surface area (Å²) in [6.07, 6.45) is 7.47. The first-order valence-corrected chi connectivity index (χ1v) is 10.7. The Kier molecular flexibility index (Phi) is 10.0. The van der Waals surface area contributed by atoms with Crippen molar-refractivity contribution in [2.75, 3.05) is 20.2 Å². The van der Waals surface area contributed by atoms with Crippen LogP contribution in [0.2, 0.25) is 0 Å². The molecule has 0 unspecified atom stereocenters. The van der Waals surface area contributed by atoms with Crippen LogP contribution in [-0.4, -0.2) is 40.9 Å². The SMILES string of the molecule is CCCCCCOc1cc(C)ccc1CNC(=NC)NCCn1cnnc1CC. The molecule has 0 bridgehead atoms. The first kappa shape index (κ1) is 22.7. The van der Waals surface area contributed by atoms with Crippen LogP contribution < -0.4 is 15.4 Å². The fourth-order valence-electron chi connectivity index (χ4n) is 3.09. The Labute approximate surface area is 175 Å². The van der Waals surface area contributed by atoms with Gasteiger partial charge in [-0.2, -0.15) is 0 Å². The third kappa shape index (κ3) is 7.75. The second-order valence-corrected chi connectivity index (χ2v) is 7.17. The van der Waals surface area contributed by atoms with Crippen molar-refractivity contribution in [2.24, 2.45) is 4.99 Å². The number of nitrogens with one attached hydrogen (secondary N) is 2. The molecule has 0 atom stereocenters. The zero-order valence-corrected chi connectivity index (χ0v) is 18.4. The van der Waals surface area contributed by atoms with E-state index in [1.54, 1.807) is 13.4 Å². The lowest BCUT2D eigenvalue weighted by atomic mass is 10.1. The molecule has 2 aromatic rings. The molecule has 7 heteroatoms. The molecule has 160 valence electrons. The molecular formula is C22H36N6O. The van der Waals surface area contributed by atoms with Crippen LogP contribution in [0, 0.1) is 6.92 Å². The minimum Gasteiger partial charge on any atom is -0.493 e. The van der Waals surface area contributed by atoms with E-state index in [9.17, 15) is 0 Å². The molecule has 0 spiro atoms. The summed E-state index contributed by atoms with van der Waals surface area (Å²) in [5.41, 5.74) is 2.35. The molecule has 29 heavy (non-hydrogen) atoms. The summed E-state index contributed by atoms with van der Waals surface area (Å²) in [6, 6.07) is 6.36. The summed E-state index contributed by atoms with van der Waals surface area (Å²) >= 11 is 0. The van der Waals surface area contributed by atoms with Gasteiger partial charge in [-0.15, -0.1) is 10.2 Å². The van der Waals surface area contributed by atoms with E-state index in [1.807, 2.05) is 0 Å². The van der Waals surface area contributed by atoms with E-state index in [1.165, 1.54) is 24.8 Å². The number of hydrogen-bond donors (Lipinski definition) is 2. The lowest BCUT2D eigenvalue weighted by Crippen LogP contribution is -2.38. The highest BCUT2D eigenvalue weighted by Gasteiger charge is 2.07. The summed E-state index contributed by atoms with van der Waals surface area (Å²) < 4.78 is 8.13. The highest BCUT2D eigenvalue weighted by Crippen LogP contribution is 2.20. The molecule has 0 amide bonds. The van der Waals surface area contributed by atoms with E-state index in [4.69, 9.17) is 4.74 Å². The predicted molar refractivity (Wildman–Crippen MR) is 118 cm³/mol. The molecule has 0 aliphatic heterocycles. The zero-order chi connectivity index (χ0) is 20.9. The second kappa shape index (κ2) is 12.8. The van der Waals surface area contributed by atoms with Crippen molar-refractivity contribution in [1.82, 2.24) is 25.4 Å². The summed E-state index contributed by atoms with van der Waals surface area (Å²) in [5, 5.41) is 14.8. The highest BCUT2D eigenvalue weighted by molar-refractivity contribution is 5.79. The Hall–Kier alpha value is -2.57. The molecular weight excluding hydrogens is 364 g/mol. The Morgan fingerprint density at radius 3 is 2.79 bits per heavy atom. The molecule has 1 aromatic carbocycles. The van der Waals surface area contributed by atoms with Gasteiger partial charge in [0.15, 0.2) is 5.96 Å². The van der Waals surface area contributed by atoms with Crippen LogP contribution in [-0.2, 0) is 19.5 Å². The van der Waals surface area contributed by atoms with E-state index >= 15 is 0 Å². The summed E-state index contributed by atoms with van der Waals surface area (Å²) in [7, 11) is 1.78. The molecule has 0 radical (unpaired) electrons. The molecule has 7 nitrogen and oxygen atoms in total. The summed E-state index contributed by atoms with van der Waals surface area (Å²) in [6.45, 7) is 9.38.